The Morgan fingerprint density at radius 3 is 3.17 bits per heavy atom. The summed E-state index contributed by atoms with van der Waals surface area (Å²) in [6.07, 6.45) is 1.67. The molecule has 1 amide bonds. The van der Waals surface area contributed by atoms with E-state index in [0.717, 1.165) is 5.56 Å². The number of ether oxygens (including phenoxy) is 1. The van der Waals surface area contributed by atoms with E-state index in [1.807, 2.05) is 0 Å². The number of fused-ring (bicyclic) bond motifs is 1. The highest BCUT2D eigenvalue weighted by Crippen LogP contribution is 2.26. The maximum absolute atomic E-state index is 10.9. The van der Waals surface area contributed by atoms with Crippen molar-refractivity contribution in [3.63, 3.8) is 0 Å². The van der Waals surface area contributed by atoms with Crippen LogP contribution in [0.25, 0.3) is 0 Å². The first-order valence-corrected chi connectivity index (χ1v) is 3.49. The topological polar surface area (TPSA) is 64.1 Å². The number of carbonyl (C=O) groups excluding carboxylic acids is 1. The van der Waals surface area contributed by atoms with Crippen LogP contribution >= 0.6 is 0 Å². The fourth-order valence-electron chi connectivity index (χ4n) is 1.18. The number of nitrogens with zero attached hydrogens (tertiary/aromatic N) is 2. The quantitative estimate of drug-likeness (QED) is 0.635. The van der Waals surface area contributed by atoms with Gasteiger partial charge >= 0.3 is 0 Å². The summed E-state index contributed by atoms with van der Waals surface area (Å²) >= 11 is 0. The summed E-state index contributed by atoms with van der Waals surface area (Å²) in [5.74, 6) is 0.967. The third kappa shape index (κ3) is 0.903. The number of hydrogen-bond donors (Lipinski definition) is 1. The van der Waals surface area contributed by atoms with Crippen LogP contribution in [0, 0.1) is 0 Å². The molecule has 0 atom stereocenters. The predicted octanol–water partition coefficient (Wildman–Crippen LogP) is -0.0202. The normalized spacial score (nSPS) is 13.9. The van der Waals surface area contributed by atoms with E-state index < -0.39 is 0 Å². The van der Waals surface area contributed by atoms with Gasteiger partial charge < -0.3 is 10.1 Å². The molecule has 0 radical (unpaired) electrons. The molecule has 1 aliphatic heterocycles. The number of nitrogens with one attached hydrogen (secondary N) is 1. The Kier molecular flexibility index (Phi) is 1.43. The van der Waals surface area contributed by atoms with Gasteiger partial charge in [-0.25, -0.2) is 9.97 Å². The van der Waals surface area contributed by atoms with Crippen LogP contribution in [0.3, 0.4) is 0 Å². The molecule has 0 aliphatic carbocycles. The molecule has 1 aromatic heterocycles. The van der Waals surface area contributed by atoms with Crippen LogP contribution < -0.4 is 10.1 Å². The van der Waals surface area contributed by atoms with Gasteiger partial charge in [-0.2, -0.15) is 0 Å². The van der Waals surface area contributed by atoms with E-state index >= 15 is 0 Å². The number of methoxy groups -OCH3 is 1. The van der Waals surface area contributed by atoms with Gasteiger partial charge in [-0.3, -0.25) is 4.79 Å². The van der Waals surface area contributed by atoms with Crippen LogP contribution in [0.15, 0.2) is 6.33 Å². The van der Waals surface area contributed by atoms with Crippen molar-refractivity contribution in [1.82, 2.24) is 9.97 Å². The van der Waals surface area contributed by atoms with Gasteiger partial charge in [-0.1, -0.05) is 0 Å². The molecule has 2 rings (SSSR count). The molecule has 62 valence electrons. The Morgan fingerprint density at radius 1 is 1.58 bits per heavy atom. The second-order valence-corrected chi connectivity index (χ2v) is 2.44. The first kappa shape index (κ1) is 7.02. The minimum Gasteiger partial charge on any atom is -0.481 e. The Bertz CT molecular complexity index is 337. The third-order valence-electron chi connectivity index (χ3n) is 1.69. The Balaban J connectivity index is 2.51. The SMILES string of the molecule is COc1ncnc2c1CC(=O)N2. The number of aromatic nitrogens is 2. The highest BCUT2D eigenvalue weighted by Gasteiger charge is 2.23. The van der Waals surface area contributed by atoms with Gasteiger partial charge in [0.05, 0.1) is 19.1 Å². The van der Waals surface area contributed by atoms with E-state index in [-0.39, 0.29) is 5.91 Å². The summed E-state index contributed by atoms with van der Waals surface area (Å²) in [5, 5.41) is 2.60. The van der Waals surface area contributed by atoms with Crippen molar-refractivity contribution in [1.29, 1.82) is 0 Å². The Hall–Kier alpha value is -1.65. The van der Waals surface area contributed by atoms with Crippen LogP contribution in [0.5, 0.6) is 5.88 Å². The maximum Gasteiger partial charge on any atom is 0.230 e. The van der Waals surface area contributed by atoms with E-state index in [4.69, 9.17) is 4.74 Å². The molecule has 0 spiro atoms. The van der Waals surface area contributed by atoms with Crippen LogP contribution in [-0.4, -0.2) is 23.0 Å². The molecule has 1 N–H and O–H groups in total. The largest absolute Gasteiger partial charge is 0.481 e. The second-order valence-electron chi connectivity index (χ2n) is 2.44. The molecular formula is C7H7N3O2. The highest BCUT2D eigenvalue weighted by atomic mass is 16.5. The predicted molar refractivity (Wildman–Crippen MR) is 40.9 cm³/mol. The fraction of sp³-hybridized carbons (Fsp3) is 0.286. The molecule has 0 fully saturated rings. The van der Waals surface area contributed by atoms with Crippen LogP contribution in [0.4, 0.5) is 5.82 Å². The molecular weight excluding hydrogens is 158 g/mol. The van der Waals surface area contributed by atoms with Crippen molar-refractivity contribution in [3.05, 3.63) is 11.9 Å². The van der Waals surface area contributed by atoms with Gasteiger partial charge in [-0.05, 0) is 0 Å². The molecule has 0 bridgehead atoms. The zero-order valence-corrected chi connectivity index (χ0v) is 6.50. The van der Waals surface area contributed by atoms with Crippen molar-refractivity contribution in [3.8, 4) is 5.88 Å². The summed E-state index contributed by atoms with van der Waals surface area (Å²) in [7, 11) is 1.52. The van der Waals surface area contributed by atoms with E-state index in [0.29, 0.717) is 18.1 Å². The molecule has 12 heavy (non-hydrogen) atoms. The number of rotatable bonds is 1. The summed E-state index contributed by atoms with van der Waals surface area (Å²) < 4.78 is 4.96. The Morgan fingerprint density at radius 2 is 2.42 bits per heavy atom. The first-order chi connectivity index (χ1) is 5.81. The molecule has 0 saturated heterocycles. The number of anilines is 1. The Labute approximate surface area is 68.8 Å². The lowest BCUT2D eigenvalue weighted by Crippen LogP contribution is -2.04. The molecule has 1 aromatic rings. The second kappa shape index (κ2) is 2.44. The summed E-state index contributed by atoms with van der Waals surface area (Å²) in [5.41, 5.74) is 0.741. The van der Waals surface area contributed by atoms with Crippen molar-refractivity contribution in [2.24, 2.45) is 0 Å². The van der Waals surface area contributed by atoms with Crippen molar-refractivity contribution in [2.75, 3.05) is 12.4 Å². The fourth-order valence-corrected chi connectivity index (χ4v) is 1.18. The summed E-state index contributed by atoms with van der Waals surface area (Å²) in [6.45, 7) is 0. The minimum atomic E-state index is -0.0659. The zero-order valence-electron chi connectivity index (χ0n) is 6.50. The average molecular weight is 165 g/mol. The number of hydrogen-bond acceptors (Lipinski definition) is 4. The average Bonchev–Trinajstić information content (AvgIpc) is 2.44. The molecule has 0 unspecified atom stereocenters. The maximum atomic E-state index is 10.9. The van der Waals surface area contributed by atoms with Gasteiger partial charge in [0.1, 0.15) is 12.1 Å². The van der Waals surface area contributed by atoms with E-state index in [1.165, 1.54) is 13.4 Å². The standard InChI is InChI=1S/C7H7N3O2/c1-12-7-4-2-5(11)10-6(4)8-3-9-7/h3H,2H2,1H3,(H,8,9,10,11). The summed E-state index contributed by atoms with van der Waals surface area (Å²) in [6, 6.07) is 0. The molecule has 0 saturated carbocycles. The summed E-state index contributed by atoms with van der Waals surface area (Å²) in [4.78, 5) is 18.7. The van der Waals surface area contributed by atoms with Crippen LogP contribution in [-0.2, 0) is 11.2 Å². The minimum absolute atomic E-state index is 0.0659. The smallest absolute Gasteiger partial charge is 0.230 e. The van der Waals surface area contributed by atoms with Gasteiger partial charge in [0.15, 0.2) is 0 Å². The van der Waals surface area contributed by atoms with E-state index in [9.17, 15) is 4.79 Å². The van der Waals surface area contributed by atoms with Crippen molar-refractivity contribution in [2.45, 2.75) is 6.42 Å². The first-order valence-electron chi connectivity index (χ1n) is 3.49. The molecule has 5 heteroatoms. The monoisotopic (exact) mass is 165 g/mol. The van der Waals surface area contributed by atoms with Crippen molar-refractivity contribution >= 4 is 11.7 Å². The molecule has 1 aliphatic rings. The lowest BCUT2D eigenvalue weighted by atomic mass is 10.2. The third-order valence-corrected chi connectivity index (χ3v) is 1.69. The van der Waals surface area contributed by atoms with Crippen LogP contribution in [0.2, 0.25) is 0 Å². The van der Waals surface area contributed by atoms with Gasteiger partial charge in [0, 0.05) is 0 Å². The number of carbonyl (C=O) groups is 1. The highest BCUT2D eigenvalue weighted by molar-refractivity contribution is 5.98. The van der Waals surface area contributed by atoms with Crippen LogP contribution in [0.1, 0.15) is 5.56 Å². The van der Waals surface area contributed by atoms with Gasteiger partial charge in [0.2, 0.25) is 11.8 Å². The van der Waals surface area contributed by atoms with E-state index in [1.54, 1.807) is 0 Å². The molecule has 5 nitrogen and oxygen atoms in total. The van der Waals surface area contributed by atoms with Crippen molar-refractivity contribution < 1.29 is 9.53 Å². The lowest BCUT2D eigenvalue weighted by molar-refractivity contribution is -0.115. The van der Waals surface area contributed by atoms with Gasteiger partial charge in [0.25, 0.3) is 0 Å². The lowest BCUT2D eigenvalue weighted by Gasteiger charge is -2.01. The van der Waals surface area contributed by atoms with E-state index in [2.05, 4.69) is 15.3 Å². The van der Waals surface area contributed by atoms with Gasteiger partial charge in [-0.15, -0.1) is 0 Å². The molecule has 0 aromatic carbocycles. The molecule has 2 heterocycles. The number of amides is 1. The zero-order chi connectivity index (χ0) is 8.55.